The summed E-state index contributed by atoms with van der Waals surface area (Å²) >= 11 is 1.65. The number of rotatable bonds is 7. The zero-order valence-electron chi connectivity index (χ0n) is 12.8. The summed E-state index contributed by atoms with van der Waals surface area (Å²) in [6.45, 7) is 3.99. The van der Waals surface area contributed by atoms with E-state index in [0.717, 1.165) is 47.3 Å². The smallest absolute Gasteiger partial charge is 0.231 e. The quantitative estimate of drug-likeness (QED) is 0.850. The van der Waals surface area contributed by atoms with Crippen molar-refractivity contribution >= 4 is 11.3 Å². The van der Waals surface area contributed by atoms with Crippen LogP contribution in [0.1, 0.15) is 19.0 Å². The lowest BCUT2D eigenvalue weighted by Crippen LogP contribution is -2.26. The molecule has 1 aliphatic heterocycles. The maximum Gasteiger partial charge on any atom is 0.231 e. The maximum absolute atomic E-state index is 5.41. The lowest BCUT2D eigenvalue weighted by molar-refractivity contribution is 0.174. The van der Waals surface area contributed by atoms with E-state index >= 15 is 0 Å². The molecule has 0 spiro atoms. The van der Waals surface area contributed by atoms with E-state index in [1.165, 1.54) is 0 Å². The Labute approximate surface area is 134 Å². The first kappa shape index (κ1) is 15.3. The van der Waals surface area contributed by atoms with Crippen LogP contribution in [0.25, 0.3) is 10.6 Å². The molecule has 1 aromatic carbocycles. The second kappa shape index (κ2) is 7.09. The fourth-order valence-corrected chi connectivity index (χ4v) is 3.04. The van der Waals surface area contributed by atoms with Gasteiger partial charge in [-0.25, -0.2) is 4.98 Å². The Kier molecular flexibility index (Phi) is 4.92. The van der Waals surface area contributed by atoms with Crippen LogP contribution in [0.2, 0.25) is 0 Å². The average Bonchev–Trinajstić information content (AvgIpc) is 3.18. The van der Waals surface area contributed by atoms with Crippen LogP contribution in [0.4, 0.5) is 0 Å². The van der Waals surface area contributed by atoms with Crippen molar-refractivity contribution in [3.05, 3.63) is 29.3 Å². The third-order valence-corrected chi connectivity index (χ3v) is 4.50. The molecule has 0 fully saturated rings. The summed E-state index contributed by atoms with van der Waals surface area (Å²) in [6.07, 6.45) is 0.996. The SMILES string of the molecule is COCCC(C)NCc1csc(-c2ccc3c(c2)OCO3)n1. The lowest BCUT2D eigenvalue weighted by atomic mass is 10.2. The number of nitrogens with one attached hydrogen (secondary N) is 1. The van der Waals surface area contributed by atoms with Gasteiger partial charge in [-0.3, -0.25) is 0 Å². The second-order valence-electron chi connectivity index (χ2n) is 5.28. The topological polar surface area (TPSA) is 52.6 Å². The molecular formula is C16H20N2O3S. The van der Waals surface area contributed by atoms with Gasteiger partial charge in [-0.1, -0.05) is 0 Å². The molecule has 0 aliphatic carbocycles. The van der Waals surface area contributed by atoms with E-state index in [2.05, 4.69) is 22.6 Å². The zero-order chi connectivity index (χ0) is 15.4. The van der Waals surface area contributed by atoms with Crippen LogP contribution in [0.15, 0.2) is 23.6 Å². The Balaban J connectivity index is 1.61. The van der Waals surface area contributed by atoms with Gasteiger partial charge in [0.05, 0.1) is 5.69 Å². The van der Waals surface area contributed by atoms with Gasteiger partial charge in [0.1, 0.15) is 5.01 Å². The molecule has 0 saturated carbocycles. The summed E-state index contributed by atoms with van der Waals surface area (Å²) in [5.41, 5.74) is 2.12. The van der Waals surface area contributed by atoms with E-state index in [9.17, 15) is 0 Å². The van der Waals surface area contributed by atoms with Crippen LogP contribution in [0.3, 0.4) is 0 Å². The molecule has 118 valence electrons. The molecule has 0 radical (unpaired) electrons. The van der Waals surface area contributed by atoms with E-state index in [1.54, 1.807) is 18.4 Å². The normalized spacial score (nSPS) is 14.3. The number of methoxy groups -OCH3 is 1. The van der Waals surface area contributed by atoms with Gasteiger partial charge in [-0.15, -0.1) is 11.3 Å². The lowest BCUT2D eigenvalue weighted by Gasteiger charge is -2.11. The number of fused-ring (bicyclic) bond motifs is 1. The minimum absolute atomic E-state index is 0.297. The molecule has 1 atom stereocenters. The molecule has 22 heavy (non-hydrogen) atoms. The van der Waals surface area contributed by atoms with Crippen molar-refractivity contribution in [3.63, 3.8) is 0 Å². The summed E-state index contributed by atoms with van der Waals surface area (Å²) in [7, 11) is 1.73. The Hall–Kier alpha value is -1.63. The summed E-state index contributed by atoms with van der Waals surface area (Å²) < 4.78 is 15.8. The number of hydrogen-bond donors (Lipinski definition) is 1. The highest BCUT2D eigenvalue weighted by Crippen LogP contribution is 2.36. The Morgan fingerprint density at radius 3 is 3.09 bits per heavy atom. The van der Waals surface area contributed by atoms with Crippen molar-refractivity contribution in [1.82, 2.24) is 10.3 Å². The largest absolute Gasteiger partial charge is 0.454 e. The first-order valence-electron chi connectivity index (χ1n) is 7.33. The van der Waals surface area contributed by atoms with Crippen molar-refractivity contribution in [3.8, 4) is 22.1 Å². The summed E-state index contributed by atoms with van der Waals surface area (Å²) in [6, 6.07) is 6.35. The van der Waals surface area contributed by atoms with Gasteiger partial charge < -0.3 is 19.5 Å². The molecular weight excluding hydrogens is 300 g/mol. The molecule has 1 N–H and O–H groups in total. The molecule has 6 heteroatoms. The van der Waals surface area contributed by atoms with Crippen molar-refractivity contribution in [2.75, 3.05) is 20.5 Å². The number of aromatic nitrogens is 1. The van der Waals surface area contributed by atoms with Gasteiger partial charge in [0.15, 0.2) is 11.5 Å². The predicted molar refractivity (Wildman–Crippen MR) is 86.5 cm³/mol. The van der Waals surface area contributed by atoms with E-state index in [4.69, 9.17) is 14.2 Å². The van der Waals surface area contributed by atoms with Crippen LogP contribution in [0, 0.1) is 0 Å². The molecule has 1 unspecified atom stereocenters. The van der Waals surface area contributed by atoms with E-state index < -0.39 is 0 Å². The van der Waals surface area contributed by atoms with Gasteiger partial charge in [0.25, 0.3) is 0 Å². The molecule has 3 rings (SSSR count). The highest BCUT2D eigenvalue weighted by Gasteiger charge is 2.15. The number of hydrogen-bond acceptors (Lipinski definition) is 6. The summed E-state index contributed by atoms with van der Waals surface area (Å²) in [4.78, 5) is 4.69. The molecule has 2 heterocycles. The van der Waals surface area contributed by atoms with Crippen molar-refractivity contribution in [2.45, 2.75) is 25.9 Å². The van der Waals surface area contributed by atoms with Gasteiger partial charge in [0.2, 0.25) is 6.79 Å². The Bertz CT molecular complexity index is 630. The second-order valence-corrected chi connectivity index (χ2v) is 6.13. The Morgan fingerprint density at radius 1 is 1.36 bits per heavy atom. The van der Waals surface area contributed by atoms with E-state index in [0.29, 0.717) is 12.8 Å². The fourth-order valence-electron chi connectivity index (χ4n) is 2.23. The van der Waals surface area contributed by atoms with Crippen LogP contribution >= 0.6 is 11.3 Å². The van der Waals surface area contributed by atoms with E-state index in [1.807, 2.05) is 18.2 Å². The number of ether oxygens (including phenoxy) is 3. The van der Waals surface area contributed by atoms with Gasteiger partial charge in [-0.2, -0.15) is 0 Å². The number of thiazole rings is 1. The Morgan fingerprint density at radius 2 is 2.23 bits per heavy atom. The van der Waals surface area contributed by atoms with Gasteiger partial charge in [0, 0.05) is 37.2 Å². The van der Waals surface area contributed by atoms with Crippen molar-refractivity contribution < 1.29 is 14.2 Å². The molecule has 5 nitrogen and oxygen atoms in total. The molecule has 1 aliphatic rings. The molecule has 1 aromatic heterocycles. The van der Waals surface area contributed by atoms with Crippen molar-refractivity contribution in [1.29, 1.82) is 0 Å². The molecule has 0 bridgehead atoms. The van der Waals surface area contributed by atoms with Crippen LogP contribution in [0.5, 0.6) is 11.5 Å². The third-order valence-electron chi connectivity index (χ3n) is 3.56. The molecule has 0 amide bonds. The number of nitrogens with zero attached hydrogens (tertiary/aromatic N) is 1. The van der Waals surface area contributed by atoms with Crippen LogP contribution in [-0.2, 0) is 11.3 Å². The highest BCUT2D eigenvalue weighted by atomic mass is 32.1. The summed E-state index contributed by atoms with van der Waals surface area (Å²) in [5.74, 6) is 1.59. The summed E-state index contributed by atoms with van der Waals surface area (Å²) in [5, 5.41) is 6.55. The fraction of sp³-hybridized carbons (Fsp3) is 0.438. The standard InChI is InChI=1S/C16H20N2O3S/c1-11(5-6-19-2)17-8-13-9-22-16(18-13)12-3-4-14-15(7-12)21-10-20-14/h3-4,7,9,11,17H,5-6,8,10H2,1-2H3. The van der Waals surface area contributed by atoms with E-state index in [-0.39, 0.29) is 0 Å². The van der Waals surface area contributed by atoms with Crippen LogP contribution in [-0.4, -0.2) is 31.5 Å². The van der Waals surface area contributed by atoms with Crippen LogP contribution < -0.4 is 14.8 Å². The molecule has 0 saturated heterocycles. The molecule has 2 aromatic rings. The van der Waals surface area contributed by atoms with Gasteiger partial charge >= 0.3 is 0 Å². The average molecular weight is 320 g/mol. The predicted octanol–water partition coefficient (Wildman–Crippen LogP) is 3.05. The maximum atomic E-state index is 5.41. The highest BCUT2D eigenvalue weighted by molar-refractivity contribution is 7.13. The zero-order valence-corrected chi connectivity index (χ0v) is 13.6. The first-order valence-corrected chi connectivity index (χ1v) is 8.21. The number of benzene rings is 1. The first-order chi connectivity index (χ1) is 10.8. The van der Waals surface area contributed by atoms with Gasteiger partial charge in [-0.05, 0) is 31.5 Å². The minimum atomic E-state index is 0.297. The monoisotopic (exact) mass is 320 g/mol. The third kappa shape index (κ3) is 3.58. The minimum Gasteiger partial charge on any atom is -0.454 e. The van der Waals surface area contributed by atoms with Crippen molar-refractivity contribution in [2.24, 2.45) is 0 Å².